The third kappa shape index (κ3) is 4.28. The molecule has 1 saturated carbocycles. The molecule has 0 radical (unpaired) electrons. The van der Waals surface area contributed by atoms with Crippen LogP contribution in [0.5, 0.6) is 11.5 Å². The molecule has 8 heteroatoms. The molecule has 2 atom stereocenters. The Morgan fingerprint density at radius 2 is 1.83 bits per heavy atom. The Kier molecular flexibility index (Phi) is 6.83. The number of allylic oxidation sites excluding steroid dienone is 1. The molecule has 7 nitrogen and oxygen atoms in total. The monoisotopic (exact) mass is 504 g/mol. The first-order valence-electron chi connectivity index (χ1n) is 12.2. The summed E-state index contributed by atoms with van der Waals surface area (Å²) in [5.74, 6) is 1.23. The van der Waals surface area contributed by atoms with Crippen LogP contribution in [0.25, 0.3) is 6.08 Å². The van der Waals surface area contributed by atoms with Crippen molar-refractivity contribution >= 4 is 29.3 Å². The Bertz CT molecular complexity index is 1350. The smallest absolute Gasteiger partial charge is 0.296 e. The molecule has 3 aromatic rings. The van der Waals surface area contributed by atoms with Crippen molar-refractivity contribution in [2.45, 2.75) is 38.8 Å². The van der Waals surface area contributed by atoms with Gasteiger partial charge in [-0.15, -0.1) is 0 Å². The number of para-hydroxylation sites is 2. The fourth-order valence-electron chi connectivity index (χ4n) is 5.17. The molecule has 36 heavy (non-hydrogen) atoms. The highest BCUT2D eigenvalue weighted by molar-refractivity contribution is 6.33. The van der Waals surface area contributed by atoms with Crippen molar-refractivity contribution in [2.24, 2.45) is 11.0 Å². The highest BCUT2D eigenvalue weighted by Crippen LogP contribution is 2.47. The highest BCUT2D eigenvalue weighted by atomic mass is 35.5. The van der Waals surface area contributed by atoms with Crippen molar-refractivity contribution in [1.29, 1.82) is 0 Å². The molecule has 2 aliphatic rings. The van der Waals surface area contributed by atoms with Gasteiger partial charge in [-0.25, -0.2) is 5.01 Å². The quantitative estimate of drug-likeness (QED) is 0.412. The minimum atomic E-state index is -0.326. The first kappa shape index (κ1) is 24.1. The number of carbonyl (C=O) groups excluding carboxylic acids is 1. The van der Waals surface area contributed by atoms with E-state index in [9.17, 15) is 4.79 Å². The van der Waals surface area contributed by atoms with Crippen LogP contribution in [0.4, 0.5) is 0 Å². The Hall–Kier alpha value is -3.58. The van der Waals surface area contributed by atoms with E-state index in [0.717, 1.165) is 53.2 Å². The highest BCUT2D eigenvalue weighted by Gasteiger charge is 2.45. The molecule has 0 N–H and O–H groups in total. The number of rotatable bonds is 6. The van der Waals surface area contributed by atoms with Crippen LogP contribution in [-0.4, -0.2) is 40.6 Å². The molecule has 2 aromatic carbocycles. The third-order valence-corrected chi connectivity index (χ3v) is 7.16. The zero-order chi connectivity index (χ0) is 25.2. The Balaban J connectivity index is 1.63. The minimum absolute atomic E-state index is 0.0204. The summed E-state index contributed by atoms with van der Waals surface area (Å²) in [6.45, 7) is 2.57. The number of ether oxygens (including phenoxy) is 2. The van der Waals surface area contributed by atoms with Crippen LogP contribution in [-0.2, 0) is 6.54 Å². The van der Waals surface area contributed by atoms with Gasteiger partial charge < -0.3 is 9.47 Å². The summed E-state index contributed by atoms with van der Waals surface area (Å²) in [5, 5.41) is 11.3. The van der Waals surface area contributed by atoms with Crippen molar-refractivity contribution < 1.29 is 14.3 Å². The van der Waals surface area contributed by atoms with Gasteiger partial charge in [-0.2, -0.15) is 10.2 Å². The second kappa shape index (κ2) is 10.2. The Morgan fingerprint density at radius 3 is 2.56 bits per heavy atom. The van der Waals surface area contributed by atoms with E-state index in [2.05, 4.69) is 11.2 Å². The van der Waals surface area contributed by atoms with Crippen LogP contribution in [0.3, 0.4) is 0 Å². The average Bonchev–Trinajstić information content (AvgIpc) is 3.49. The lowest BCUT2D eigenvalue weighted by atomic mass is 9.77. The number of hydrogen-bond donors (Lipinski definition) is 0. The maximum atomic E-state index is 13.9. The number of methoxy groups -OCH3 is 2. The molecule has 1 fully saturated rings. The van der Waals surface area contributed by atoms with Gasteiger partial charge in [0, 0.05) is 29.8 Å². The SMILES string of the molecule is CCn1cc(Cl)c(C(=O)N2N=C3C(=Cc4ccccc4OC)CCCC3C2c2ccccc2OC)n1. The van der Waals surface area contributed by atoms with Crippen molar-refractivity contribution in [3.05, 3.63) is 82.1 Å². The lowest BCUT2D eigenvalue weighted by Gasteiger charge is -2.30. The summed E-state index contributed by atoms with van der Waals surface area (Å²) < 4.78 is 12.9. The number of halogens is 1. The summed E-state index contributed by atoms with van der Waals surface area (Å²) >= 11 is 6.44. The van der Waals surface area contributed by atoms with Crippen LogP contribution in [0, 0.1) is 5.92 Å². The second-order valence-electron chi connectivity index (χ2n) is 8.91. The zero-order valence-corrected chi connectivity index (χ0v) is 21.4. The standard InChI is InChI=1S/C28H29ClN4O3/c1-4-32-17-22(29)26(30-32)28(34)33-27(20-12-6-8-15-24(20)36-3)21-13-9-11-19(25(21)31-33)16-18-10-5-7-14-23(18)35-2/h5-8,10,12,14-17,21,27H,4,9,11,13H2,1-3H3. The number of fused-ring (bicyclic) bond motifs is 1. The number of aryl methyl sites for hydroxylation is 1. The molecule has 2 unspecified atom stereocenters. The molecule has 0 bridgehead atoms. The van der Waals surface area contributed by atoms with E-state index in [1.165, 1.54) is 0 Å². The van der Waals surface area contributed by atoms with Crippen LogP contribution in [0.15, 0.2) is 65.4 Å². The van der Waals surface area contributed by atoms with E-state index in [0.29, 0.717) is 11.6 Å². The number of benzene rings is 2. The normalized spacial score (nSPS) is 20.3. The lowest BCUT2D eigenvalue weighted by molar-refractivity contribution is 0.0671. The van der Waals surface area contributed by atoms with E-state index in [1.807, 2.05) is 55.5 Å². The van der Waals surface area contributed by atoms with Crippen LogP contribution in [0.2, 0.25) is 5.02 Å². The molecule has 0 spiro atoms. The summed E-state index contributed by atoms with van der Waals surface area (Å²) in [6.07, 6.45) is 6.58. The number of hydrogen-bond acceptors (Lipinski definition) is 5. The Morgan fingerprint density at radius 1 is 1.11 bits per heavy atom. The molecule has 1 aliphatic carbocycles. The summed E-state index contributed by atoms with van der Waals surface area (Å²) in [5.41, 5.74) is 4.14. The molecule has 186 valence electrons. The summed E-state index contributed by atoms with van der Waals surface area (Å²) in [6, 6.07) is 15.4. The molecule has 0 saturated heterocycles. The van der Waals surface area contributed by atoms with E-state index in [1.54, 1.807) is 30.1 Å². The molecule has 1 aliphatic heterocycles. The first-order chi connectivity index (χ1) is 17.5. The van der Waals surface area contributed by atoms with Gasteiger partial charge in [-0.05, 0) is 50.0 Å². The van der Waals surface area contributed by atoms with Crippen molar-refractivity contribution in [3.8, 4) is 11.5 Å². The molecular formula is C28H29ClN4O3. The topological polar surface area (TPSA) is 69.0 Å². The molecule has 2 heterocycles. The predicted molar refractivity (Wildman–Crippen MR) is 141 cm³/mol. The predicted octanol–water partition coefficient (Wildman–Crippen LogP) is 6.01. The van der Waals surface area contributed by atoms with Gasteiger partial charge in [0.15, 0.2) is 5.69 Å². The van der Waals surface area contributed by atoms with Gasteiger partial charge in [-0.1, -0.05) is 48.0 Å². The lowest BCUT2D eigenvalue weighted by Crippen LogP contribution is -2.32. The van der Waals surface area contributed by atoms with Crippen molar-refractivity contribution in [3.63, 3.8) is 0 Å². The molecule has 1 aromatic heterocycles. The van der Waals surface area contributed by atoms with Crippen molar-refractivity contribution in [2.75, 3.05) is 14.2 Å². The number of hydrazone groups is 1. The Labute approximate surface area is 216 Å². The van der Waals surface area contributed by atoms with Gasteiger partial charge in [-0.3, -0.25) is 9.48 Å². The van der Waals surface area contributed by atoms with Crippen LogP contribution >= 0.6 is 11.6 Å². The zero-order valence-electron chi connectivity index (χ0n) is 20.6. The average molecular weight is 505 g/mol. The van der Waals surface area contributed by atoms with Gasteiger partial charge in [0.2, 0.25) is 0 Å². The number of amides is 1. The molecule has 5 rings (SSSR count). The number of aromatic nitrogens is 2. The van der Waals surface area contributed by atoms with Gasteiger partial charge in [0.1, 0.15) is 11.5 Å². The first-order valence-corrected chi connectivity index (χ1v) is 12.5. The maximum Gasteiger partial charge on any atom is 0.296 e. The van der Waals surface area contributed by atoms with Crippen LogP contribution in [0.1, 0.15) is 53.8 Å². The summed E-state index contributed by atoms with van der Waals surface area (Å²) in [7, 11) is 3.32. The van der Waals surface area contributed by atoms with E-state index in [4.69, 9.17) is 26.2 Å². The fraction of sp³-hybridized carbons (Fsp3) is 0.321. The van der Waals surface area contributed by atoms with Crippen LogP contribution < -0.4 is 9.47 Å². The minimum Gasteiger partial charge on any atom is -0.496 e. The second-order valence-corrected chi connectivity index (χ2v) is 9.32. The van der Waals surface area contributed by atoms with Gasteiger partial charge >= 0.3 is 0 Å². The summed E-state index contributed by atoms with van der Waals surface area (Å²) in [4.78, 5) is 13.9. The van der Waals surface area contributed by atoms with Crippen molar-refractivity contribution in [1.82, 2.24) is 14.8 Å². The fourth-order valence-corrected chi connectivity index (χ4v) is 5.40. The number of carbonyl (C=O) groups is 1. The maximum absolute atomic E-state index is 13.9. The van der Waals surface area contributed by atoms with E-state index in [-0.39, 0.29) is 23.6 Å². The molecule has 1 amide bonds. The van der Waals surface area contributed by atoms with E-state index < -0.39 is 0 Å². The molecular weight excluding hydrogens is 476 g/mol. The van der Waals surface area contributed by atoms with E-state index >= 15 is 0 Å². The third-order valence-electron chi connectivity index (χ3n) is 6.88. The number of nitrogens with zero attached hydrogens (tertiary/aromatic N) is 4. The van der Waals surface area contributed by atoms with Gasteiger partial charge in [0.05, 0.1) is 31.0 Å². The van der Waals surface area contributed by atoms with Gasteiger partial charge in [0.25, 0.3) is 5.91 Å². The largest absolute Gasteiger partial charge is 0.496 e.